The van der Waals surface area contributed by atoms with Gasteiger partial charge in [0.2, 0.25) is 15.9 Å². The molecule has 0 aliphatic carbocycles. The smallest absolute Gasteiger partial charge is 0.337 e. The molecule has 0 fully saturated rings. The maximum atomic E-state index is 13.8. The number of halogens is 1. The van der Waals surface area contributed by atoms with Gasteiger partial charge in [0.25, 0.3) is 0 Å². The van der Waals surface area contributed by atoms with E-state index in [-0.39, 0.29) is 17.7 Å². The van der Waals surface area contributed by atoms with E-state index in [2.05, 4.69) is 10.1 Å². The van der Waals surface area contributed by atoms with Crippen molar-refractivity contribution in [1.29, 1.82) is 0 Å². The Hall–Kier alpha value is -2.78. The Morgan fingerprint density at radius 1 is 1.15 bits per heavy atom. The quantitative estimate of drug-likeness (QED) is 0.725. The van der Waals surface area contributed by atoms with Crippen LogP contribution in [0.4, 0.5) is 10.1 Å². The number of nitrogens with zero attached hydrogens (tertiary/aromatic N) is 1. The summed E-state index contributed by atoms with van der Waals surface area (Å²) in [5, 5.41) is 2.52. The standard InChI is InChI=1S/C18H19FN2O5S/c1-26-18(23)13-7-5-8-15(10-13)20-17(22)12-21(27(2,24)25)11-14-6-3-4-9-16(14)19/h3-10H,11-12H2,1-2H3,(H,20,22). The lowest BCUT2D eigenvalue weighted by molar-refractivity contribution is -0.116. The Labute approximate surface area is 156 Å². The number of methoxy groups -OCH3 is 1. The summed E-state index contributed by atoms with van der Waals surface area (Å²) in [5.74, 6) is -1.75. The van der Waals surface area contributed by atoms with Crippen LogP contribution in [0.1, 0.15) is 15.9 Å². The first-order chi connectivity index (χ1) is 12.7. The summed E-state index contributed by atoms with van der Waals surface area (Å²) in [6, 6.07) is 11.8. The molecule has 0 saturated heterocycles. The fraction of sp³-hybridized carbons (Fsp3) is 0.222. The van der Waals surface area contributed by atoms with Gasteiger partial charge in [0, 0.05) is 17.8 Å². The molecule has 27 heavy (non-hydrogen) atoms. The van der Waals surface area contributed by atoms with Crippen molar-refractivity contribution in [3.63, 3.8) is 0 Å². The number of hydrogen-bond donors (Lipinski definition) is 1. The van der Waals surface area contributed by atoms with Crippen LogP contribution in [0.25, 0.3) is 0 Å². The summed E-state index contributed by atoms with van der Waals surface area (Å²) >= 11 is 0. The SMILES string of the molecule is COC(=O)c1cccc(NC(=O)CN(Cc2ccccc2F)S(C)(=O)=O)c1. The van der Waals surface area contributed by atoms with E-state index >= 15 is 0 Å². The number of sulfonamides is 1. The topological polar surface area (TPSA) is 92.8 Å². The Morgan fingerprint density at radius 3 is 2.48 bits per heavy atom. The maximum absolute atomic E-state index is 13.8. The molecule has 7 nitrogen and oxygen atoms in total. The molecule has 0 atom stereocenters. The molecule has 0 saturated carbocycles. The predicted octanol–water partition coefficient (Wildman–Crippen LogP) is 2.01. The Kier molecular flexibility index (Phi) is 6.65. The zero-order valence-electron chi connectivity index (χ0n) is 14.8. The van der Waals surface area contributed by atoms with Gasteiger partial charge in [-0.05, 0) is 24.3 Å². The second kappa shape index (κ2) is 8.74. The first-order valence-corrected chi connectivity index (χ1v) is 9.72. The lowest BCUT2D eigenvalue weighted by Gasteiger charge is -2.20. The van der Waals surface area contributed by atoms with Crippen LogP contribution in [0.5, 0.6) is 0 Å². The van der Waals surface area contributed by atoms with E-state index < -0.39 is 34.3 Å². The first-order valence-electron chi connectivity index (χ1n) is 7.87. The summed E-state index contributed by atoms with van der Waals surface area (Å²) in [6.45, 7) is -0.781. The number of benzene rings is 2. The highest BCUT2D eigenvalue weighted by atomic mass is 32.2. The number of nitrogens with one attached hydrogen (secondary N) is 1. The van der Waals surface area contributed by atoms with Crippen LogP contribution in [0.15, 0.2) is 48.5 Å². The number of carbonyl (C=O) groups is 2. The molecular weight excluding hydrogens is 375 g/mol. The third-order valence-electron chi connectivity index (χ3n) is 3.66. The van der Waals surface area contributed by atoms with Crippen molar-refractivity contribution >= 4 is 27.6 Å². The minimum absolute atomic E-state index is 0.156. The summed E-state index contributed by atoms with van der Waals surface area (Å²) in [5.41, 5.74) is 0.701. The highest BCUT2D eigenvalue weighted by Crippen LogP contribution is 2.14. The molecule has 2 aromatic rings. The van der Waals surface area contributed by atoms with E-state index in [4.69, 9.17) is 0 Å². The van der Waals surface area contributed by atoms with Crippen molar-refractivity contribution in [2.75, 3.05) is 25.2 Å². The van der Waals surface area contributed by atoms with Gasteiger partial charge >= 0.3 is 5.97 Å². The van der Waals surface area contributed by atoms with Gasteiger partial charge < -0.3 is 10.1 Å². The van der Waals surface area contributed by atoms with Crippen molar-refractivity contribution in [3.8, 4) is 0 Å². The Balaban J connectivity index is 2.13. The fourth-order valence-electron chi connectivity index (χ4n) is 2.31. The molecule has 0 heterocycles. The maximum Gasteiger partial charge on any atom is 0.337 e. The normalized spacial score (nSPS) is 11.3. The number of hydrogen-bond acceptors (Lipinski definition) is 5. The molecule has 0 unspecified atom stereocenters. The van der Waals surface area contributed by atoms with Crippen LogP contribution in [-0.4, -0.2) is 44.5 Å². The highest BCUT2D eigenvalue weighted by molar-refractivity contribution is 7.88. The van der Waals surface area contributed by atoms with Gasteiger partial charge in [-0.3, -0.25) is 4.79 Å². The number of ether oxygens (including phenoxy) is 1. The number of amides is 1. The van der Waals surface area contributed by atoms with Crippen molar-refractivity contribution in [3.05, 3.63) is 65.5 Å². The first kappa shape index (κ1) is 20.5. The molecular formula is C18H19FN2O5S. The lowest BCUT2D eigenvalue weighted by Crippen LogP contribution is -2.37. The molecule has 0 radical (unpaired) electrons. The van der Waals surface area contributed by atoms with Gasteiger partial charge in [0.05, 0.1) is 25.5 Å². The second-order valence-electron chi connectivity index (χ2n) is 5.74. The summed E-state index contributed by atoms with van der Waals surface area (Å²) in [6.07, 6.45) is 0.943. The zero-order valence-corrected chi connectivity index (χ0v) is 15.6. The summed E-state index contributed by atoms with van der Waals surface area (Å²) in [7, 11) is -2.52. The molecule has 0 aliphatic heterocycles. The monoisotopic (exact) mass is 394 g/mol. The third kappa shape index (κ3) is 5.87. The molecule has 2 rings (SSSR count). The molecule has 0 aromatic heterocycles. The number of esters is 1. The predicted molar refractivity (Wildman–Crippen MR) is 98.1 cm³/mol. The molecule has 1 N–H and O–H groups in total. The van der Waals surface area contributed by atoms with Gasteiger partial charge in [-0.15, -0.1) is 0 Å². The van der Waals surface area contributed by atoms with Crippen LogP contribution in [0, 0.1) is 5.82 Å². The number of rotatable bonds is 7. The molecule has 144 valence electrons. The minimum atomic E-state index is -3.76. The van der Waals surface area contributed by atoms with E-state index in [0.29, 0.717) is 5.69 Å². The molecule has 2 aromatic carbocycles. The molecule has 1 amide bonds. The van der Waals surface area contributed by atoms with Gasteiger partial charge in [-0.2, -0.15) is 4.31 Å². The van der Waals surface area contributed by atoms with Crippen molar-refractivity contribution in [1.82, 2.24) is 4.31 Å². The van der Waals surface area contributed by atoms with E-state index in [1.165, 1.54) is 37.4 Å². The van der Waals surface area contributed by atoms with Gasteiger partial charge in [-0.1, -0.05) is 24.3 Å². The molecule has 9 heteroatoms. The van der Waals surface area contributed by atoms with E-state index in [0.717, 1.165) is 10.6 Å². The summed E-state index contributed by atoms with van der Waals surface area (Å²) in [4.78, 5) is 23.8. The van der Waals surface area contributed by atoms with E-state index in [1.807, 2.05) is 0 Å². The number of anilines is 1. The minimum Gasteiger partial charge on any atom is -0.465 e. The third-order valence-corrected chi connectivity index (χ3v) is 4.86. The van der Waals surface area contributed by atoms with E-state index in [9.17, 15) is 22.4 Å². The van der Waals surface area contributed by atoms with Gasteiger partial charge in [0.15, 0.2) is 0 Å². The molecule has 0 bridgehead atoms. The lowest BCUT2D eigenvalue weighted by atomic mass is 10.2. The Bertz CT molecular complexity index is 946. The zero-order chi connectivity index (χ0) is 20.0. The average Bonchev–Trinajstić information content (AvgIpc) is 2.61. The van der Waals surface area contributed by atoms with Gasteiger partial charge in [0.1, 0.15) is 5.82 Å². The largest absolute Gasteiger partial charge is 0.465 e. The van der Waals surface area contributed by atoms with Crippen LogP contribution in [-0.2, 0) is 26.1 Å². The van der Waals surface area contributed by atoms with Gasteiger partial charge in [-0.25, -0.2) is 17.6 Å². The van der Waals surface area contributed by atoms with E-state index in [1.54, 1.807) is 18.2 Å². The van der Waals surface area contributed by atoms with Crippen LogP contribution < -0.4 is 5.32 Å². The fourth-order valence-corrected chi connectivity index (χ4v) is 3.03. The van der Waals surface area contributed by atoms with Crippen LogP contribution >= 0.6 is 0 Å². The second-order valence-corrected chi connectivity index (χ2v) is 7.73. The molecule has 0 spiro atoms. The average molecular weight is 394 g/mol. The van der Waals surface area contributed by atoms with Crippen molar-refractivity contribution in [2.45, 2.75) is 6.54 Å². The Morgan fingerprint density at radius 2 is 1.85 bits per heavy atom. The number of carbonyl (C=O) groups excluding carboxylic acids is 2. The summed E-state index contributed by atoms with van der Waals surface area (Å²) < 4.78 is 43.2. The van der Waals surface area contributed by atoms with Crippen LogP contribution in [0.2, 0.25) is 0 Å². The molecule has 0 aliphatic rings. The highest BCUT2D eigenvalue weighted by Gasteiger charge is 2.22. The van der Waals surface area contributed by atoms with Crippen molar-refractivity contribution < 1.29 is 27.1 Å². The van der Waals surface area contributed by atoms with Crippen LogP contribution in [0.3, 0.4) is 0 Å². The van der Waals surface area contributed by atoms with Crippen molar-refractivity contribution in [2.24, 2.45) is 0 Å².